The Bertz CT molecular complexity index is 1030. The molecule has 1 saturated carbocycles. The summed E-state index contributed by atoms with van der Waals surface area (Å²) in [6, 6.07) is 6.47. The zero-order valence-electron chi connectivity index (χ0n) is 17.4. The van der Waals surface area contributed by atoms with Crippen molar-refractivity contribution in [1.29, 1.82) is 0 Å². The van der Waals surface area contributed by atoms with Crippen LogP contribution >= 0.6 is 0 Å². The second-order valence-corrected chi connectivity index (χ2v) is 9.41. The molecule has 2 aliphatic carbocycles. The van der Waals surface area contributed by atoms with Gasteiger partial charge in [-0.05, 0) is 61.9 Å². The molecule has 1 aromatic heterocycles. The number of hydrogen-bond acceptors (Lipinski definition) is 3. The molecule has 4 nitrogen and oxygen atoms in total. The Morgan fingerprint density at radius 2 is 2.13 bits per heavy atom. The van der Waals surface area contributed by atoms with Crippen LogP contribution in [0.2, 0.25) is 0 Å². The van der Waals surface area contributed by atoms with Gasteiger partial charge >= 0.3 is 0 Å². The molecule has 0 radical (unpaired) electrons. The highest BCUT2D eigenvalue weighted by Crippen LogP contribution is 2.48. The maximum atomic E-state index is 13.7. The Morgan fingerprint density at radius 3 is 2.80 bits per heavy atom. The summed E-state index contributed by atoms with van der Waals surface area (Å²) in [6.07, 6.45) is 5.10. The highest BCUT2D eigenvalue weighted by molar-refractivity contribution is 6.00. The minimum atomic E-state index is -3.07. The van der Waals surface area contributed by atoms with Crippen LogP contribution in [0.4, 0.5) is 8.78 Å². The number of nitrogens with one attached hydrogen (secondary N) is 1. The first-order valence-electron chi connectivity index (χ1n) is 10.8. The molecule has 0 bridgehead atoms. The average Bonchev–Trinajstić information content (AvgIpc) is 3.48. The minimum absolute atomic E-state index is 0.196. The summed E-state index contributed by atoms with van der Waals surface area (Å²) in [5.41, 5.74) is 6.22. The number of aliphatic hydroxyl groups excluding tert-OH is 1. The van der Waals surface area contributed by atoms with Gasteiger partial charge in [0.2, 0.25) is 0 Å². The molecule has 2 aromatic rings. The highest BCUT2D eigenvalue weighted by Gasteiger charge is 2.41. The molecule has 2 heterocycles. The SMILES string of the molecule is CN1CC(C(=O)CC(CO)C(C)(F)F)C=C2c3cccc4[nH]c(C5CC5)c(c34)CC21. The molecule has 30 heavy (non-hydrogen) atoms. The number of rotatable bonds is 6. The van der Waals surface area contributed by atoms with Gasteiger partial charge in [-0.3, -0.25) is 9.69 Å². The summed E-state index contributed by atoms with van der Waals surface area (Å²) in [7, 11) is 2.02. The quantitative estimate of drug-likeness (QED) is 0.747. The van der Waals surface area contributed by atoms with Crippen LogP contribution in [-0.4, -0.2) is 52.9 Å². The van der Waals surface area contributed by atoms with Gasteiger partial charge in [-0.25, -0.2) is 8.78 Å². The van der Waals surface area contributed by atoms with Gasteiger partial charge in [0.1, 0.15) is 5.78 Å². The van der Waals surface area contributed by atoms with Crippen molar-refractivity contribution in [3.05, 3.63) is 41.1 Å². The van der Waals surface area contributed by atoms with Crippen LogP contribution in [-0.2, 0) is 11.2 Å². The Balaban J connectivity index is 1.52. The number of aliphatic hydroxyl groups is 1. The first kappa shape index (κ1) is 19.9. The number of halogens is 2. The van der Waals surface area contributed by atoms with E-state index in [0.717, 1.165) is 30.0 Å². The number of aromatic amines is 1. The summed E-state index contributed by atoms with van der Waals surface area (Å²) in [5.74, 6) is -4.43. The predicted molar refractivity (Wildman–Crippen MR) is 113 cm³/mol. The fourth-order valence-corrected chi connectivity index (χ4v) is 5.29. The number of alkyl halides is 2. The summed E-state index contributed by atoms with van der Waals surface area (Å²) in [6.45, 7) is 0.608. The lowest BCUT2D eigenvalue weighted by atomic mass is 9.77. The van der Waals surface area contributed by atoms with Crippen molar-refractivity contribution in [2.24, 2.45) is 11.8 Å². The number of nitrogens with zero attached hydrogens (tertiary/aromatic N) is 1. The van der Waals surface area contributed by atoms with Gasteiger partial charge in [-0.15, -0.1) is 0 Å². The summed E-state index contributed by atoms with van der Waals surface area (Å²) < 4.78 is 27.4. The Morgan fingerprint density at radius 1 is 1.37 bits per heavy atom. The van der Waals surface area contributed by atoms with Gasteiger partial charge in [-0.1, -0.05) is 18.2 Å². The van der Waals surface area contributed by atoms with E-state index in [1.54, 1.807) is 0 Å². The molecule has 3 aliphatic rings. The topological polar surface area (TPSA) is 56.3 Å². The third-order valence-corrected chi connectivity index (χ3v) is 7.21. The zero-order chi connectivity index (χ0) is 21.2. The van der Waals surface area contributed by atoms with E-state index in [4.69, 9.17) is 0 Å². The van der Waals surface area contributed by atoms with E-state index in [1.807, 2.05) is 19.2 Å². The number of hydrogen-bond donors (Lipinski definition) is 2. The number of carbonyl (C=O) groups is 1. The Labute approximate surface area is 175 Å². The molecule has 2 N–H and O–H groups in total. The van der Waals surface area contributed by atoms with Crippen LogP contribution in [0.15, 0.2) is 24.3 Å². The van der Waals surface area contributed by atoms with Gasteiger partial charge < -0.3 is 10.1 Å². The molecule has 3 atom stereocenters. The first-order chi connectivity index (χ1) is 14.3. The van der Waals surface area contributed by atoms with Crippen molar-refractivity contribution in [2.75, 3.05) is 20.2 Å². The van der Waals surface area contributed by atoms with E-state index in [-0.39, 0.29) is 18.2 Å². The number of H-pyrrole nitrogens is 1. The second-order valence-electron chi connectivity index (χ2n) is 9.41. The highest BCUT2D eigenvalue weighted by atomic mass is 19.3. The lowest BCUT2D eigenvalue weighted by molar-refractivity contribution is -0.129. The molecule has 0 saturated heterocycles. The molecule has 3 unspecified atom stereocenters. The van der Waals surface area contributed by atoms with Crippen LogP contribution in [0, 0.1) is 11.8 Å². The number of fused-ring (bicyclic) bond motifs is 2. The number of ketones is 1. The molecule has 1 aromatic carbocycles. The lowest BCUT2D eigenvalue weighted by Gasteiger charge is -2.40. The van der Waals surface area contributed by atoms with Gasteiger partial charge in [0.05, 0.1) is 12.5 Å². The number of aromatic nitrogens is 1. The number of benzene rings is 1. The van der Waals surface area contributed by atoms with E-state index >= 15 is 0 Å². The first-order valence-corrected chi connectivity index (χ1v) is 10.8. The largest absolute Gasteiger partial charge is 0.396 e. The Hall–Kier alpha value is -2.05. The fourth-order valence-electron chi connectivity index (χ4n) is 5.29. The number of Topliss-reactive ketones (excluding diaryl/α,β-unsaturated/α-hetero) is 1. The van der Waals surface area contributed by atoms with Crippen LogP contribution in [0.5, 0.6) is 0 Å². The molecule has 5 rings (SSSR count). The minimum Gasteiger partial charge on any atom is -0.396 e. The summed E-state index contributed by atoms with van der Waals surface area (Å²) >= 11 is 0. The van der Waals surface area contributed by atoms with Gasteiger partial charge in [0.25, 0.3) is 5.92 Å². The number of carbonyl (C=O) groups excluding carboxylic acids is 1. The van der Waals surface area contributed by atoms with Crippen LogP contribution in [0.1, 0.15) is 48.9 Å². The van der Waals surface area contributed by atoms with Crippen molar-refractivity contribution >= 4 is 22.3 Å². The van der Waals surface area contributed by atoms with E-state index in [2.05, 4.69) is 22.0 Å². The summed E-state index contributed by atoms with van der Waals surface area (Å²) in [5, 5.41) is 10.6. The fraction of sp³-hybridized carbons (Fsp3) is 0.542. The predicted octanol–water partition coefficient (Wildman–Crippen LogP) is 4.14. The van der Waals surface area contributed by atoms with Crippen LogP contribution < -0.4 is 0 Å². The van der Waals surface area contributed by atoms with Crippen molar-refractivity contribution in [3.8, 4) is 0 Å². The molecule has 1 fully saturated rings. The van der Waals surface area contributed by atoms with Crippen molar-refractivity contribution in [1.82, 2.24) is 9.88 Å². The maximum Gasteiger partial charge on any atom is 0.250 e. The van der Waals surface area contributed by atoms with E-state index in [1.165, 1.54) is 29.5 Å². The number of likely N-dealkylation sites (N-methyl/N-ethyl adjacent to an activating group) is 1. The standard InChI is InChI=1S/C24H28F2N2O2/c1-24(25,26)15(12-29)9-21(30)14-8-17-16-4-3-5-19-22(16)18(10-20(17)28(2)11-14)23(27-19)13-6-7-13/h3-5,8,13-15,20,27,29H,6-7,9-12H2,1-2H3. The molecule has 0 amide bonds. The van der Waals surface area contributed by atoms with Gasteiger partial charge in [-0.2, -0.15) is 0 Å². The van der Waals surface area contributed by atoms with Crippen molar-refractivity contribution < 1.29 is 18.7 Å². The second kappa shape index (κ2) is 6.99. The zero-order valence-corrected chi connectivity index (χ0v) is 17.4. The van der Waals surface area contributed by atoms with Crippen molar-refractivity contribution in [3.63, 3.8) is 0 Å². The van der Waals surface area contributed by atoms with Gasteiger partial charge in [0.15, 0.2) is 0 Å². The molecule has 0 spiro atoms. The third-order valence-electron chi connectivity index (χ3n) is 7.21. The molecule has 1 aliphatic heterocycles. The summed E-state index contributed by atoms with van der Waals surface area (Å²) in [4.78, 5) is 18.7. The molecule has 160 valence electrons. The lowest BCUT2D eigenvalue weighted by Crippen LogP contribution is -2.45. The van der Waals surface area contributed by atoms with E-state index in [0.29, 0.717) is 12.5 Å². The van der Waals surface area contributed by atoms with Gasteiger partial charge in [0, 0.05) is 41.5 Å². The third kappa shape index (κ3) is 3.21. The monoisotopic (exact) mass is 414 g/mol. The van der Waals surface area contributed by atoms with E-state index in [9.17, 15) is 18.7 Å². The molecular formula is C24H28F2N2O2. The smallest absolute Gasteiger partial charge is 0.250 e. The molecule has 6 heteroatoms. The van der Waals surface area contributed by atoms with Crippen molar-refractivity contribution in [2.45, 2.75) is 50.5 Å². The average molecular weight is 414 g/mol. The van der Waals surface area contributed by atoms with Crippen LogP contribution in [0.25, 0.3) is 16.5 Å². The normalized spacial score (nSPS) is 25.2. The molecular weight excluding hydrogens is 386 g/mol. The van der Waals surface area contributed by atoms with Crippen LogP contribution in [0.3, 0.4) is 0 Å². The Kier molecular flexibility index (Phi) is 4.63. The maximum absolute atomic E-state index is 13.7. The van der Waals surface area contributed by atoms with E-state index < -0.39 is 24.4 Å².